The van der Waals surface area contributed by atoms with Crippen LogP contribution in [-0.4, -0.2) is 60.1 Å². The van der Waals surface area contributed by atoms with Crippen LogP contribution in [0.1, 0.15) is 79.2 Å². The van der Waals surface area contributed by atoms with Crippen molar-refractivity contribution in [1.29, 1.82) is 0 Å². The SMILES string of the molecule is COc1ccc(C[C@H](NC(=O)[C@H](C)c2c(C)noc2C(N)=O)C(=O)N[C@@H](CC2CCCC2)C(=O)[C@@]2(C)CO2)cc1. The smallest absolute Gasteiger partial charge is 0.287 e. The fourth-order valence-corrected chi connectivity index (χ4v) is 5.40. The van der Waals surface area contributed by atoms with Crippen molar-refractivity contribution in [3.05, 3.63) is 46.8 Å². The van der Waals surface area contributed by atoms with Crippen molar-refractivity contribution < 1.29 is 33.2 Å². The number of hydrogen-bond donors (Lipinski definition) is 3. The highest BCUT2D eigenvalue weighted by Crippen LogP contribution is 2.33. The van der Waals surface area contributed by atoms with Gasteiger partial charge in [0.15, 0.2) is 5.78 Å². The Morgan fingerprint density at radius 2 is 1.73 bits per heavy atom. The van der Waals surface area contributed by atoms with E-state index in [1.165, 1.54) is 0 Å². The maximum absolute atomic E-state index is 13.7. The summed E-state index contributed by atoms with van der Waals surface area (Å²) in [6.45, 7) is 5.25. The zero-order chi connectivity index (χ0) is 29.0. The van der Waals surface area contributed by atoms with Gasteiger partial charge in [-0.3, -0.25) is 19.2 Å². The number of primary amides is 1. The quantitative estimate of drug-likeness (QED) is 0.317. The van der Waals surface area contributed by atoms with Crippen LogP contribution < -0.4 is 21.1 Å². The van der Waals surface area contributed by atoms with E-state index in [2.05, 4.69) is 15.8 Å². The van der Waals surface area contributed by atoms with Crippen LogP contribution in [0.25, 0.3) is 0 Å². The largest absolute Gasteiger partial charge is 0.497 e. The second kappa shape index (κ2) is 12.2. The molecule has 2 heterocycles. The fraction of sp³-hybridized carbons (Fsp3) is 0.552. The number of carbonyl (C=O) groups excluding carboxylic acids is 4. The summed E-state index contributed by atoms with van der Waals surface area (Å²) >= 11 is 0. The van der Waals surface area contributed by atoms with Crippen molar-refractivity contribution in [3.63, 3.8) is 0 Å². The molecule has 2 aromatic rings. The first-order chi connectivity index (χ1) is 19.0. The number of aryl methyl sites for hydroxylation is 1. The fourth-order valence-electron chi connectivity index (χ4n) is 5.40. The van der Waals surface area contributed by atoms with Crippen molar-refractivity contribution in [2.75, 3.05) is 13.7 Å². The lowest BCUT2D eigenvalue weighted by Gasteiger charge is -2.26. The van der Waals surface area contributed by atoms with E-state index in [9.17, 15) is 19.2 Å². The Labute approximate surface area is 233 Å². The number of nitrogens with two attached hydrogens (primary N) is 1. The van der Waals surface area contributed by atoms with Crippen LogP contribution in [0.2, 0.25) is 0 Å². The zero-order valence-corrected chi connectivity index (χ0v) is 23.5. The van der Waals surface area contributed by atoms with Gasteiger partial charge in [-0.1, -0.05) is 43.0 Å². The molecule has 11 nitrogen and oxygen atoms in total. The van der Waals surface area contributed by atoms with Gasteiger partial charge in [-0.25, -0.2) is 0 Å². The van der Waals surface area contributed by atoms with Gasteiger partial charge in [0.1, 0.15) is 17.4 Å². The zero-order valence-electron chi connectivity index (χ0n) is 23.5. The number of ketones is 1. The van der Waals surface area contributed by atoms with Crippen molar-refractivity contribution in [2.45, 2.75) is 82.9 Å². The molecule has 4 rings (SSSR count). The van der Waals surface area contributed by atoms with Gasteiger partial charge in [0.05, 0.1) is 31.4 Å². The van der Waals surface area contributed by atoms with E-state index in [1.807, 2.05) is 12.1 Å². The predicted octanol–water partition coefficient (Wildman–Crippen LogP) is 2.34. The summed E-state index contributed by atoms with van der Waals surface area (Å²) in [5.74, 6) is -2.06. The molecule has 1 aromatic heterocycles. The molecular formula is C29H38N4O7. The van der Waals surface area contributed by atoms with Crippen LogP contribution >= 0.6 is 0 Å². The number of epoxide rings is 1. The number of Topliss-reactive ketones (excluding diaryl/α,β-unsaturated/α-hetero) is 1. The number of nitrogens with one attached hydrogen (secondary N) is 2. The van der Waals surface area contributed by atoms with E-state index < -0.39 is 41.3 Å². The lowest BCUT2D eigenvalue weighted by Crippen LogP contribution is -2.55. The number of hydrogen-bond acceptors (Lipinski definition) is 8. The molecule has 0 bridgehead atoms. The minimum Gasteiger partial charge on any atom is -0.497 e. The Kier molecular flexibility index (Phi) is 8.92. The predicted molar refractivity (Wildman–Crippen MR) is 145 cm³/mol. The van der Waals surface area contributed by atoms with Crippen molar-refractivity contribution in [1.82, 2.24) is 15.8 Å². The average molecular weight is 555 g/mol. The number of benzene rings is 1. The molecule has 1 aliphatic carbocycles. The summed E-state index contributed by atoms with van der Waals surface area (Å²) in [5, 5.41) is 9.54. The standard InChI is InChI=1S/C29H38N4O7/c1-16(23-17(2)33-40-24(23)26(30)35)27(36)32-22(14-19-9-11-20(38-4)12-10-19)28(37)31-21(13-18-7-5-6-8-18)25(34)29(3)15-39-29/h9-12,16,18,21-22H,5-8,13-15H2,1-4H3,(H2,30,35)(H,31,37)(H,32,36)/t16-,21+,22+,29-/m1/s1. The molecule has 0 unspecified atom stereocenters. The van der Waals surface area contributed by atoms with Crippen LogP contribution in [0.3, 0.4) is 0 Å². The molecule has 40 heavy (non-hydrogen) atoms. The number of aromatic nitrogens is 1. The first-order valence-corrected chi connectivity index (χ1v) is 13.7. The normalized spacial score (nSPS) is 20.8. The van der Waals surface area contributed by atoms with E-state index in [1.54, 1.807) is 40.0 Å². The lowest BCUT2D eigenvalue weighted by molar-refractivity contribution is -0.133. The van der Waals surface area contributed by atoms with E-state index in [0.29, 0.717) is 30.4 Å². The summed E-state index contributed by atoms with van der Waals surface area (Å²) in [6, 6.07) is 5.43. The first-order valence-electron chi connectivity index (χ1n) is 13.7. The molecule has 2 fully saturated rings. The molecule has 216 valence electrons. The number of amides is 3. The number of carbonyl (C=O) groups is 4. The molecule has 11 heteroatoms. The molecule has 2 aliphatic rings. The number of rotatable bonds is 13. The van der Waals surface area contributed by atoms with Gasteiger partial charge in [-0.15, -0.1) is 0 Å². The highest BCUT2D eigenvalue weighted by Gasteiger charge is 2.50. The van der Waals surface area contributed by atoms with Crippen LogP contribution in [-0.2, 0) is 25.5 Å². The van der Waals surface area contributed by atoms with Gasteiger partial charge in [0, 0.05) is 12.0 Å². The van der Waals surface area contributed by atoms with Gasteiger partial charge in [-0.05, 0) is 50.8 Å². The number of nitrogens with zero attached hydrogens (tertiary/aromatic N) is 1. The molecular weight excluding hydrogens is 516 g/mol. The van der Waals surface area contributed by atoms with Gasteiger partial charge >= 0.3 is 0 Å². The van der Waals surface area contributed by atoms with Gasteiger partial charge in [0.2, 0.25) is 17.6 Å². The highest BCUT2D eigenvalue weighted by atomic mass is 16.6. The molecule has 0 radical (unpaired) electrons. The summed E-state index contributed by atoms with van der Waals surface area (Å²) in [6.07, 6.45) is 4.94. The third-order valence-corrected chi connectivity index (χ3v) is 7.97. The topological polar surface area (TPSA) is 166 Å². The maximum atomic E-state index is 13.7. The molecule has 1 saturated heterocycles. The Morgan fingerprint density at radius 3 is 2.30 bits per heavy atom. The summed E-state index contributed by atoms with van der Waals surface area (Å²) < 4.78 is 15.7. The average Bonchev–Trinajstić information content (AvgIpc) is 3.29. The molecule has 1 aromatic carbocycles. The second-order valence-electron chi connectivity index (χ2n) is 11.0. The van der Waals surface area contributed by atoms with Crippen LogP contribution in [0.4, 0.5) is 0 Å². The summed E-state index contributed by atoms with van der Waals surface area (Å²) in [5.41, 5.74) is 5.92. The van der Waals surface area contributed by atoms with E-state index in [0.717, 1.165) is 31.2 Å². The molecule has 0 spiro atoms. The summed E-state index contributed by atoms with van der Waals surface area (Å²) in [4.78, 5) is 52.3. The third kappa shape index (κ3) is 6.70. The van der Waals surface area contributed by atoms with Crippen molar-refractivity contribution in [2.24, 2.45) is 11.7 Å². The number of ether oxygens (including phenoxy) is 2. The van der Waals surface area contributed by atoms with Crippen LogP contribution in [0, 0.1) is 12.8 Å². The lowest BCUT2D eigenvalue weighted by atomic mass is 9.90. The molecule has 3 amide bonds. The van der Waals surface area contributed by atoms with Crippen molar-refractivity contribution >= 4 is 23.5 Å². The van der Waals surface area contributed by atoms with Crippen LogP contribution in [0.15, 0.2) is 28.8 Å². The minimum absolute atomic E-state index is 0.151. The minimum atomic E-state index is -1.01. The molecule has 1 saturated carbocycles. The summed E-state index contributed by atoms with van der Waals surface area (Å²) in [7, 11) is 1.56. The van der Waals surface area contributed by atoms with Crippen molar-refractivity contribution in [3.8, 4) is 5.75 Å². The molecule has 1 aliphatic heterocycles. The van der Waals surface area contributed by atoms with E-state index in [-0.39, 0.29) is 23.5 Å². The third-order valence-electron chi connectivity index (χ3n) is 7.97. The second-order valence-corrected chi connectivity index (χ2v) is 11.0. The molecule has 4 atom stereocenters. The van der Waals surface area contributed by atoms with E-state index in [4.69, 9.17) is 19.7 Å². The van der Waals surface area contributed by atoms with Gasteiger partial charge in [-0.2, -0.15) is 0 Å². The highest BCUT2D eigenvalue weighted by molar-refractivity contribution is 5.99. The maximum Gasteiger partial charge on any atom is 0.287 e. The monoisotopic (exact) mass is 554 g/mol. The Hall–Kier alpha value is -3.73. The molecule has 4 N–H and O–H groups in total. The van der Waals surface area contributed by atoms with Crippen LogP contribution in [0.5, 0.6) is 5.75 Å². The Balaban J connectivity index is 1.56. The first kappa shape index (κ1) is 29.3. The van der Waals surface area contributed by atoms with Gasteiger partial charge in [0.25, 0.3) is 5.91 Å². The van der Waals surface area contributed by atoms with Gasteiger partial charge < -0.3 is 30.4 Å². The number of methoxy groups -OCH3 is 1. The Bertz CT molecular complexity index is 1250. The van der Waals surface area contributed by atoms with E-state index >= 15 is 0 Å². The Morgan fingerprint density at radius 1 is 1.10 bits per heavy atom.